The van der Waals surface area contributed by atoms with Crippen LogP contribution in [0.25, 0.3) is 0 Å². The van der Waals surface area contributed by atoms with Crippen LogP contribution in [0.4, 0.5) is 21.0 Å². The van der Waals surface area contributed by atoms with Crippen LogP contribution in [0.15, 0.2) is 24.3 Å². The lowest BCUT2D eigenvalue weighted by Crippen LogP contribution is -2.69. The van der Waals surface area contributed by atoms with E-state index < -0.39 is 40.8 Å². The molecule has 3 saturated heterocycles. The van der Waals surface area contributed by atoms with Gasteiger partial charge in [0.05, 0.1) is 10.8 Å². The maximum Gasteiger partial charge on any atom is 0.327 e. The van der Waals surface area contributed by atoms with Gasteiger partial charge in [0, 0.05) is 44.0 Å². The van der Waals surface area contributed by atoms with Crippen molar-refractivity contribution in [3.63, 3.8) is 0 Å². The molecule has 0 aliphatic carbocycles. The van der Waals surface area contributed by atoms with Gasteiger partial charge in [0.15, 0.2) is 6.04 Å². The van der Waals surface area contributed by atoms with E-state index in [1.807, 2.05) is 0 Å². The quantitative estimate of drug-likeness (QED) is 0.316. The smallest absolute Gasteiger partial charge is 0.327 e. The number of β-lactam (4-membered cyclic amide) rings is 1. The molecule has 3 aliphatic heterocycles. The zero-order valence-corrected chi connectivity index (χ0v) is 19.1. The number of nitrogens with zero attached hydrogens (tertiary/aromatic N) is 4. The zero-order chi connectivity index (χ0) is 25.1. The molecule has 3 heterocycles. The second-order valence-corrected chi connectivity index (χ2v) is 9.02. The third kappa shape index (κ3) is 5.19. The minimum absolute atomic E-state index is 0.135. The maximum atomic E-state index is 13.0. The van der Waals surface area contributed by atoms with Crippen molar-refractivity contribution in [3.05, 3.63) is 34.4 Å². The molecule has 188 valence electrons. The van der Waals surface area contributed by atoms with Gasteiger partial charge >= 0.3 is 18.0 Å². The van der Waals surface area contributed by atoms with Crippen molar-refractivity contribution in [2.24, 2.45) is 11.8 Å². The van der Waals surface area contributed by atoms with E-state index in [0.717, 1.165) is 30.8 Å². The summed E-state index contributed by atoms with van der Waals surface area (Å²) in [6, 6.07) is 3.28. The topological polar surface area (TPSA) is 165 Å². The molecule has 5 amide bonds. The number of imide groups is 1. The number of carboxylic acids is 1. The fraction of sp³-hybridized carbons (Fsp3) is 0.545. The number of carboxylic acid groups (broad SMARTS) is 1. The normalized spacial score (nSPS) is 23.0. The Morgan fingerprint density at radius 3 is 2.40 bits per heavy atom. The van der Waals surface area contributed by atoms with E-state index in [1.165, 1.54) is 34.1 Å². The first-order chi connectivity index (χ1) is 16.8. The van der Waals surface area contributed by atoms with Gasteiger partial charge in [-0.2, -0.15) is 0 Å². The van der Waals surface area contributed by atoms with Crippen molar-refractivity contribution in [3.8, 4) is 0 Å². The highest BCUT2D eigenvalue weighted by molar-refractivity contribution is 6.07. The Labute approximate surface area is 201 Å². The Balaban J connectivity index is 1.31. The molecule has 1 aromatic rings. The molecule has 1 aromatic carbocycles. The second kappa shape index (κ2) is 10.3. The number of piperazine rings is 1. The maximum absolute atomic E-state index is 13.0. The third-order valence-electron chi connectivity index (χ3n) is 6.86. The van der Waals surface area contributed by atoms with Gasteiger partial charge in [-0.05, 0) is 44.3 Å². The molecule has 0 radical (unpaired) electrons. The molecular formula is C22H28N6O7. The number of nitro groups is 1. The van der Waals surface area contributed by atoms with Crippen molar-refractivity contribution in [2.45, 2.75) is 25.3 Å². The summed E-state index contributed by atoms with van der Waals surface area (Å²) in [4.78, 5) is 64.2. The molecule has 3 aliphatic rings. The van der Waals surface area contributed by atoms with Crippen LogP contribution in [0.3, 0.4) is 0 Å². The lowest BCUT2D eigenvalue weighted by molar-refractivity contribution is -0.384. The van der Waals surface area contributed by atoms with E-state index in [9.17, 15) is 34.4 Å². The Hall–Kier alpha value is -3.74. The van der Waals surface area contributed by atoms with Crippen molar-refractivity contribution in [1.82, 2.24) is 20.0 Å². The van der Waals surface area contributed by atoms with Crippen LogP contribution in [0.1, 0.15) is 19.3 Å². The number of benzene rings is 1. The number of amides is 5. The molecule has 0 saturated carbocycles. The number of nitrogens with one attached hydrogen (secondary N) is 2. The van der Waals surface area contributed by atoms with Crippen LogP contribution in [0.5, 0.6) is 0 Å². The van der Waals surface area contributed by atoms with E-state index in [2.05, 4.69) is 10.6 Å². The molecule has 0 spiro atoms. The number of carbonyl (C=O) groups is 4. The van der Waals surface area contributed by atoms with E-state index in [1.54, 1.807) is 0 Å². The van der Waals surface area contributed by atoms with E-state index in [0.29, 0.717) is 6.42 Å². The predicted octanol–water partition coefficient (Wildman–Crippen LogP) is 1.17. The fourth-order valence-corrected chi connectivity index (χ4v) is 4.90. The summed E-state index contributed by atoms with van der Waals surface area (Å²) in [6.45, 7) is 2.29. The van der Waals surface area contributed by atoms with Gasteiger partial charge < -0.3 is 25.5 Å². The number of anilines is 1. The Morgan fingerprint density at radius 2 is 1.77 bits per heavy atom. The molecular weight excluding hydrogens is 460 g/mol. The van der Waals surface area contributed by atoms with Crippen molar-refractivity contribution < 1.29 is 29.2 Å². The summed E-state index contributed by atoms with van der Waals surface area (Å²) >= 11 is 0. The molecule has 0 aromatic heterocycles. The van der Waals surface area contributed by atoms with Gasteiger partial charge in [0.2, 0.25) is 5.91 Å². The van der Waals surface area contributed by atoms with Crippen molar-refractivity contribution >= 4 is 35.3 Å². The van der Waals surface area contributed by atoms with Crippen LogP contribution in [0.2, 0.25) is 0 Å². The first kappa shape index (κ1) is 24.4. The Bertz CT molecular complexity index is 1020. The van der Waals surface area contributed by atoms with E-state index >= 15 is 0 Å². The van der Waals surface area contributed by atoms with E-state index in [4.69, 9.17) is 0 Å². The molecule has 3 N–H and O–H groups in total. The number of hydrogen-bond donors (Lipinski definition) is 3. The third-order valence-corrected chi connectivity index (χ3v) is 6.86. The molecule has 4 rings (SSSR count). The Kier molecular flexibility index (Phi) is 7.15. The molecule has 13 nitrogen and oxygen atoms in total. The first-order valence-corrected chi connectivity index (χ1v) is 11.6. The highest BCUT2D eigenvalue weighted by Gasteiger charge is 2.56. The second-order valence-electron chi connectivity index (χ2n) is 9.02. The van der Waals surface area contributed by atoms with Crippen LogP contribution >= 0.6 is 0 Å². The number of carbonyl (C=O) groups excluding carboxylic acids is 3. The van der Waals surface area contributed by atoms with Crippen LogP contribution in [-0.4, -0.2) is 94.0 Å². The largest absolute Gasteiger partial charge is 0.480 e. The summed E-state index contributed by atoms with van der Waals surface area (Å²) in [5.41, 5.74) is 0.127. The van der Waals surface area contributed by atoms with Crippen molar-refractivity contribution in [1.29, 1.82) is 0 Å². The summed E-state index contributed by atoms with van der Waals surface area (Å²) < 4.78 is 0. The van der Waals surface area contributed by atoms with Gasteiger partial charge in [0.25, 0.3) is 5.69 Å². The number of hydrogen-bond acceptors (Lipinski definition) is 7. The number of likely N-dealkylation sites (tertiary alicyclic amines) is 1. The van der Waals surface area contributed by atoms with E-state index in [-0.39, 0.29) is 43.5 Å². The SMILES string of the molecule is O=C(O)[C@@H]1[C@@H](CC2CCNCC2)C(=O)N1C(=O)N1CCN(C(=O)Nc2cccc([N+](=O)[O-])c2)CC1. The van der Waals surface area contributed by atoms with Crippen molar-refractivity contribution in [2.75, 3.05) is 44.6 Å². The molecule has 2 atom stereocenters. The highest BCUT2D eigenvalue weighted by Crippen LogP contribution is 2.35. The lowest BCUT2D eigenvalue weighted by atomic mass is 9.78. The van der Waals surface area contributed by atoms with Gasteiger partial charge in [0.1, 0.15) is 0 Å². The van der Waals surface area contributed by atoms with Crippen LogP contribution in [-0.2, 0) is 9.59 Å². The molecule has 13 heteroatoms. The minimum Gasteiger partial charge on any atom is -0.480 e. The van der Waals surface area contributed by atoms with Gasteiger partial charge in [-0.25, -0.2) is 19.3 Å². The lowest BCUT2D eigenvalue weighted by Gasteiger charge is -2.47. The Morgan fingerprint density at radius 1 is 1.11 bits per heavy atom. The number of non-ortho nitro benzene ring substituents is 1. The van der Waals surface area contributed by atoms with Crippen LogP contribution < -0.4 is 10.6 Å². The molecule has 35 heavy (non-hydrogen) atoms. The first-order valence-electron chi connectivity index (χ1n) is 11.6. The average molecular weight is 489 g/mol. The number of piperidine rings is 1. The highest BCUT2D eigenvalue weighted by atomic mass is 16.6. The van der Waals surface area contributed by atoms with Gasteiger partial charge in [-0.3, -0.25) is 14.9 Å². The summed E-state index contributed by atoms with van der Waals surface area (Å²) in [6.07, 6.45) is 2.22. The van der Waals surface area contributed by atoms with Gasteiger partial charge in [-0.1, -0.05) is 6.07 Å². The molecule has 3 fully saturated rings. The number of urea groups is 2. The number of nitro benzene ring substituents is 1. The van der Waals surface area contributed by atoms with Crippen LogP contribution in [0, 0.1) is 22.0 Å². The number of aliphatic carboxylic acids is 1. The minimum atomic E-state index is -1.19. The zero-order valence-electron chi connectivity index (χ0n) is 19.1. The summed E-state index contributed by atoms with van der Waals surface area (Å²) in [5.74, 6) is -2.07. The standard InChI is InChI=1S/C22H28N6O7/c29-19-17(12-14-4-6-23-7-5-14)18(20(30)31)27(19)22(33)26-10-8-25(9-11-26)21(32)24-15-2-1-3-16(13-15)28(34)35/h1-3,13-14,17-18,23H,4-12H2,(H,24,32)(H,30,31)/t17-,18+/m1/s1. The average Bonchev–Trinajstić information content (AvgIpc) is 2.86. The predicted molar refractivity (Wildman–Crippen MR) is 123 cm³/mol. The van der Waals surface area contributed by atoms with Gasteiger partial charge in [-0.15, -0.1) is 0 Å². The molecule has 0 unspecified atom stereocenters. The summed E-state index contributed by atoms with van der Waals surface area (Å²) in [5, 5.41) is 26.4. The monoisotopic (exact) mass is 488 g/mol. The molecule has 0 bridgehead atoms. The summed E-state index contributed by atoms with van der Waals surface area (Å²) in [7, 11) is 0. The fourth-order valence-electron chi connectivity index (χ4n) is 4.90. The number of rotatable bonds is 5.